The van der Waals surface area contributed by atoms with Crippen molar-refractivity contribution in [1.82, 2.24) is 5.32 Å². The number of thioether (sulfide) groups is 1. The number of rotatable bonds is 9. The molecule has 1 heterocycles. The Morgan fingerprint density at radius 2 is 1.97 bits per heavy atom. The maximum Gasteiger partial charge on any atom is 0.416 e. The summed E-state index contributed by atoms with van der Waals surface area (Å²) in [6.07, 6.45) is 3.52. The number of carbonyl (C=O) groups excluding carboxylic acids is 1. The van der Waals surface area contributed by atoms with Crippen LogP contribution in [0.2, 0.25) is 0 Å². The largest absolute Gasteiger partial charge is 0.461 e. The molecule has 1 unspecified atom stereocenters. The number of hydrogen-bond acceptors (Lipinski definition) is 4. The highest BCUT2D eigenvalue weighted by Gasteiger charge is 2.30. The molecule has 29 heavy (non-hydrogen) atoms. The first-order valence-corrected chi connectivity index (χ1v) is 10.1. The van der Waals surface area contributed by atoms with E-state index in [-0.39, 0.29) is 16.8 Å². The van der Waals surface area contributed by atoms with Crippen LogP contribution in [0.1, 0.15) is 41.9 Å². The molecule has 0 saturated carbocycles. The molecule has 0 aliphatic rings. The van der Waals surface area contributed by atoms with E-state index in [0.717, 1.165) is 24.3 Å². The van der Waals surface area contributed by atoms with E-state index in [1.54, 1.807) is 24.8 Å². The second-order valence-electron chi connectivity index (χ2n) is 6.29. The Balaban J connectivity index is 2.36. The molecule has 2 aromatic rings. The quantitative estimate of drug-likeness (QED) is 0.323. The van der Waals surface area contributed by atoms with Crippen LogP contribution in [0.4, 0.5) is 13.2 Å². The van der Waals surface area contributed by atoms with Crippen molar-refractivity contribution < 1.29 is 22.4 Å². The third kappa shape index (κ3) is 6.20. The predicted octanol–water partition coefficient (Wildman–Crippen LogP) is 5.65. The summed E-state index contributed by atoms with van der Waals surface area (Å²) in [5.74, 6) is 3.39. The smallest absolute Gasteiger partial charge is 0.416 e. The number of carbonyl (C=O) groups is 1. The third-order valence-electron chi connectivity index (χ3n) is 4.13. The van der Waals surface area contributed by atoms with E-state index >= 15 is 0 Å². The van der Waals surface area contributed by atoms with Crippen molar-refractivity contribution in [2.45, 2.75) is 31.7 Å². The van der Waals surface area contributed by atoms with Gasteiger partial charge in [-0.2, -0.15) is 13.2 Å². The number of hydrogen-bond donors (Lipinski definition) is 1. The zero-order valence-electron chi connectivity index (χ0n) is 16.2. The highest BCUT2D eigenvalue weighted by molar-refractivity contribution is 8.00. The molecule has 0 bridgehead atoms. The first kappa shape index (κ1) is 22.7. The van der Waals surface area contributed by atoms with Gasteiger partial charge in [-0.05, 0) is 48.9 Å². The highest BCUT2D eigenvalue weighted by Crippen LogP contribution is 2.30. The zero-order chi connectivity index (χ0) is 21.4. The summed E-state index contributed by atoms with van der Waals surface area (Å²) in [7, 11) is 0. The number of allylic oxidation sites excluding steroid dienone is 1. The Bertz CT molecular complexity index is 878. The Labute approximate surface area is 172 Å². The summed E-state index contributed by atoms with van der Waals surface area (Å²) < 4.78 is 43.8. The van der Waals surface area contributed by atoms with Gasteiger partial charge in [-0.3, -0.25) is 4.79 Å². The van der Waals surface area contributed by atoms with E-state index < -0.39 is 11.7 Å². The molecule has 0 radical (unpaired) electrons. The molecule has 1 aromatic carbocycles. The van der Waals surface area contributed by atoms with E-state index in [0.29, 0.717) is 23.4 Å². The van der Waals surface area contributed by atoms with Gasteiger partial charge in [-0.15, -0.1) is 18.2 Å². The number of halogens is 3. The number of Topliss-reactive ketones (excluding diaryl/α,β-unsaturated/α-hetero) is 1. The second kappa shape index (κ2) is 10.3. The molecule has 0 aliphatic heterocycles. The lowest BCUT2D eigenvalue weighted by atomic mass is 10.0. The van der Waals surface area contributed by atoms with Crippen molar-refractivity contribution in [2.75, 3.05) is 12.3 Å². The van der Waals surface area contributed by atoms with Gasteiger partial charge in [0.1, 0.15) is 0 Å². The summed E-state index contributed by atoms with van der Waals surface area (Å²) in [6.45, 7) is 4.03. The lowest BCUT2D eigenvalue weighted by Gasteiger charge is -2.18. The molecular weight excluding hydrogens is 399 g/mol. The van der Waals surface area contributed by atoms with Crippen LogP contribution in [-0.4, -0.2) is 23.3 Å². The maximum atomic E-state index is 12.9. The monoisotopic (exact) mass is 421 g/mol. The van der Waals surface area contributed by atoms with Crippen LogP contribution in [0.5, 0.6) is 0 Å². The molecule has 1 aromatic heterocycles. The Morgan fingerprint density at radius 1 is 1.28 bits per heavy atom. The number of ketones is 1. The minimum Gasteiger partial charge on any atom is -0.461 e. The van der Waals surface area contributed by atoms with Gasteiger partial charge in [0.15, 0.2) is 5.76 Å². The Morgan fingerprint density at radius 3 is 2.48 bits per heavy atom. The van der Waals surface area contributed by atoms with E-state index in [1.807, 2.05) is 6.92 Å². The summed E-state index contributed by atoms with van der Waals surface area (Å²) in [4.78, 5) is 12.7. The number of furan rings is 1. The molecule has 1 N–H and O–H groups in total. The Kier molecular flexibility index (Phi) is 8.03. The fourth-order valence-electron chi connectivity index (χ4n) is 2.60. The van der Waals surface area contributed by atoms with E-state index in [2.05, 4.69) is 11.2 Å². The number of benzene rings is 1. The summed E-state index contributed by atoms with van der Waals surface area (Å²) in [5, 5.41) is 3.04. The van der Waals surface area contributed by atoms with Gasteiger partial charge < -0.3 is 9.73 Å². The minimum atomic E-state index is -4.43. The molecule has 7 heteroatoms. The molecule has 154 valence electrons. The van der Waals surface area contributed by atoms with Gasteiger partial charge in [0, 0.05) is 17.8 Å². The molecule has 0 fully saturated rings. The average Bonchev–Trinajstić information content (AvgIpc) is 3.24. The van der Waals surface area contributed by atoms with E-state index in [4.69, 9.17) is 10.8 Å². The van der Waals surface area contributed by atoms with Crippen LogP contribution in [0.3, 0.4) is 0 Å². The van der Waals surface area contributed by atoms with Crippen LogP contribution < -0.4 is 5.32 Å². The van der Waals surface area contributed by atoms with Crippen LogP contribution >= 0.6 is 11.8 Å². The SMILES string of the molecule is C#CC(CN/C(=C(/C)C(=O)c1ccco1)c1ccc(C(F)(F)F)cc1)SCCC. The van der Waals surface area contributed by atoms with Crippen LogP contribution in [0.15, 0.2) is 52.7 Å². The highest BCUT2D eigenvalue weighted by atomic mass is 32.2. The molecule has 0 spiro atoms. The molecule has 2 rings (SSSR count). The average molecular weight is 421 g/mol. The number of terminal acetylenes is 1. The summed E-state index contributed by atoms with van der Waals surface area (Å²) in [6, 6.07) is 7.81. The van der Waals surface area contributed by atoms with Crippen molar-refractivity contribution >= 4 is 23.2 Å². The summed E-state index contributed by atoms with van der Waals surface area (Å²) >= 11 is 1.61. The molecule has 3 nitrogen and oxygen atoms in total. The standard InChI is InChI=1S/C22H22F3NO2S/c1-4-13-29-18(5-2)14-26-20(15(3)21(27)19-7-6-12-28-19)16-8-10-17(11-9-16)22(23,24)25/h2,6-12,18,26H,4,13-14H2,1,3H3/b20-15-. The van der Waals surface area contributed by atoms with Gasteiger partial charge in [0.05, 0.1) is 17.1 Å². The van der Waals surface area contributed by atoms with Crippen molar-refractivity contribution in [2.24, 2.45) is 0 Å². The third-order valence-corrected chi connectivity index (χ3v) is 5.48. The predicted molar refractivity (Wildman–Crippen MR) is 110 cm³/mol. The lowest BCUT2D eigenvalue weighted by Crippen LogP contribution is -2.25. The first-order valence-electron chi connectivity index (χ1n) is 9.06. The normalized spacial score (nSPS) is 13.4. The fraction of sp³-hybridized carbons (Fsp3) is 0.318. The van der Waals surface area contributed by atoms with Gasteiger partial charge in [0.2, 0.25) is 5.78 Å². The van der Waals surface area contributed by atoms with Crippen molar-refractivity contribution in [1.29, 1.82) is 0 Å². The topological polar surface area (TPSA) is 42.2 Å². The second-order valence-corrected chi connectivity index (χ2v) is 7.60. The van der Waals surface area contributed by atoms with Crippen LogP contribution in [-0.2, 0) is 6.18 Å². The van der Waals surface area contributed by atoms with Gasteiger partial charge in [0.25, 0.3) is 0 Å². The minimum absolute atomic E-state index is 0.133. The van der Waals surface area contributed by atoms with E-state index in [9.17, 15) is 18.0 Å². The molecule has 0 amide bonds. The molecular formula is C22H22F3NO2S. The molecule has 1 atom stereocenters. The lowest BCUT2D eigenvalue weighted by molar-refractivity contribution is -0.137. The molecule has 0 aliphatic carbocycles. The van der Waals surface area contributed by atoms with E-state index in [1.165, 1.54) is 24.5 Å². The van der Waals surface area contributed by atoms with Gasteiger partial charge in [-0.25, -0.2) is 0 Å². The van der Waals surface area contributed by atoms with Crippen molar-refractivity contribution in [3.8, 4) is 12.3 Å². The van der Waals surface area contributed by atoms with Crippen LogP contribution in [0.25, 0.3) is 5.70 Å². The maximum absolute atomic E-state index is 12.9. The van der Waals surface area contributed by atoms with Crippen molar-refractivity contribution in [3.63, 3.8) is 0 Å². The number of alkyl halides is 3. The Hall–Kier alpha value is -2.59. The molecule has 0 saturated heterocycles. The van der Waals surface area contributed by atoms with Crippen LogP contribution in [0, 0.1) is 12.3 Å². The summed E-state index contributed by atoms with van der Waals surface area (Å²) in [5.41, 5.74) is 0.468. The number of nitrogens with one attached hydrogen (secondary N) is 1. The first-order chi connectivity index (χ1) is 13.8. The fourth-order valence-corrected chi connectivity index (χ4v) is 3.42. The zero-order valence-corrected chi connectivity index (χ0v) is 17.0. The van der Waals surface area contributed by atoms with Gasteiger partial charge in [-0.1, -0.05) is 25.0 Å². The van der Waals surface area contributed by atoms with Gasteiger partial charge >= 0.3 is 6.18 Å². The van der Waals surface area contributed by atoms with Crippen molar-refractivity contribution in [3.05, 3.63) is 65.1 Å².